The molecule has 1 aromatic heterocycles. The molecule has 0 aromatic carbocycles. The average molecular weight is 266 g/mol. The molecular weight excluding hydrogens is 246 g/mol. The van der Waals surface area contributed by atoms with Crippen molar-refractivity contribution >= 4 is 17.4 Å². The summed E-state index contributed by atoms with van der Waals surface area (Å²) in [5, 5.41) is 4.01. The lowest BCUT2D eigenvalue weighted by atomic mass is 10.2. The normalized spacial score (nSPS) is 14.6. The molecule has 0 unspecified atom stereocenters. The van der Waals surface area contributed by atoms with Gasteiger partial charge in [0.1, 0.15) is 5.82 Å². The van der Waals surface area contributed by atoms with Gasteiger partial charge in [0, 0.05) is 25.3 Å². The van der Waals surface area contributed by atoms with Crippen LogP contribution in [-0.4, -0.2) is 24.1 Å². The molecule has 0 radical (unpaired) electrons. The molecule has 0 amide bonds. The lowest BCUT2D eigenvalue weighted by molar-refractivity contribution is 0.723. The van der Waals surface area contributed by atoms with Crippen LogP contribution in [0.4, 0.5) is 5.82 Å². The number of aromatic nitrogens is 1. The molecule has 1 heterocycles. The van der Waals surface area contributed by atoms with Gasteiger partial charge >= 0.3 is 0 Å². The molecule has 1 N–H and O–H groups in total. The zero-order valence-electron chi connectivity index (χ0n) is 10.8. The highest BCUT2D eigenvalue weighted by Crippen LogP contribution is 2.34. The van der Waals surface area contributed by atoms with Gasteiger partial charge in [-0.15, -0.1) is 6.58 Å². The fourth-order valence-corrected chi connectivity index (χ4v) is 2.28. The van der Waals surface area contributed by atoms with E-state index in [1.165, 1.54) is 12.8 Å². The number of nitrogens with one attached hydrogen (secondary N) is 1. The van der Waals surface area contributed by atoms with E-state index in [4.69, 9.17) is 11.6 Å². The van der Waals surface area contributed by atoms with Crippen LogP contribution in [0, 0.1) is 0 Å². The average Bonchev–Trinajstić information content (AvgIpc) is 3.18. The van der Waals surface area contributed by atoms with Gasteiger partial charge in [0.25, 0.3) is 0 Å². The summed E-state index contributed by atoms with van der Waals surface area (Å²) in [6.07, 6.45) is 6.27. The Kier molecular flexibility index (Phi) is 4.61. The topological polar surface area (TPSA) is 28.2 Å². The predicted molar refractivity (Wildman–Crippen MR) is 77.2 cm³/mol. The van der Waals surface area contributed by atoms with Gasteiger partial charge in [-0.2, -0.15) is 0 Å². The van der Waals surface area contributed by atoms with Crippen LogP contribution in [0.2, 0.25) is 5.02 Å². The van der Waals surface area contributed by atoms with Gasteiger partial charge in [-0.1, -0.05) is 24.6 Å². The fraction of sp³-hybridized carbons (Fsp3) is 0.500. The Morgan fingerprint density at radius 3 is 2.94 bits per heavy atom. The third-order valence-corrected chi connectivity index (χ3v) is 3.32. The largest absolute Gasteiger partial charge is 0.349 e. The molecule has 1 aliphatic carbocycles. The molecule has 1 aliphatic rings. The molecule has 98 valence electrons. The summed E-state index contributed by atoms with van der Waals surface area (Å²) in [6, 6.07) is 2.60. The summed E-state index contributed by atoms with van der Waals surface area (Å²) in [7, 11) is 0. The fourth-order valence-electron chi connectivity index (χ4n) is 1.98. The molecule has 1 aromatic rings. The number of hydrogen-bond donors (Lipinski definition) is 1. The number of rotatable bonds is 7. The molecule has 0 bridgehead atoms. The number of hydrogen-bond acceptors (Lipinski definition) is 3. The van der Waals surface area contributed by atoms with Crippen molar-refractivity contribution in [1.29, 1.82) is 0 Å². The molecule has 0 spiro atoms. The smallest absolute Gasteiger partial charge is 0.147 e. The molecule has 1 fully saturated rings. The summed E-state index contributed by atoms with van der Waals surface area (Å²) in [4.78, 5) is 6.76. The van der Waals surface area contributed by atoms with Crippen molar-refractivity contribution in [3.8, 4) is 0 Å². The van der Waals surface area contributed by atoms with Crippen LogP contribution in [0.25, 0.3) is 0 Å². The lowest BCUT2D eigenvalue weighted by Gasteiger charge is -2.23. The Morgan fingerprint density at radius 1 is 1.61 bits per heavy atom. The first-order valence-corrected chi connectivity index (χ1v) is 6.86. The van der Waals surface area contributed by atoms with E-state index in [9.17, 15) is 0 Å². The van der Waals surface area contributed by atoms with E-state index in [-0.39, 0.29) is 0 Å². The second-order valence-corrected chi connectivity index (χ2v) is 5.01. The first-order chi connectivity index (χ1) is 8.76. The maximum atomic E-state index is 6.34. The van der Waals surface area contributed by atoms with Gasteiger partial charge in [0.15, 0.2) is 0 Å². The Labute approximate surface area is 114 Å². The van der Waals surface area contributed by atoms with Gasteiger partial charge in [-0.25, -0.2) is 4.98 Å². The van der Waals surface area contributed by atoms with Crippen molar-refractivity contribution in [3.05, 3.63) is 35.5 Å². The monoisotopic (exact) mass is 265 g/mol. The minimum absolute atomic E-state index is 0.590. The Balaban J connectivity index is 2.14. The van der Waals surface area contributed by atoms with Crippen molar-refractivity contribution in [1.82, 2.24) is 10.3 Å². The van der Waals surface area contributed by atoms with Crippen molar-refractivity contribution in [2.24, 2.45) is 0 Å². The first-order valence-electron chi connectivity index (χ1n) is 6.49. The molecule has 0 atom stereocenters. The van der Waals surface area contributed by atoms with E-state index in [1.807, 2.05) is 18.3 Å². The van der Waals surface area contributed by atoms with Crippen molar-refractivity contribution < 1.29 is 0 Å². The predicted octanol–water partition coefficient (Wildman–Crippen LogP) is 3.00. The number of halogens is 1. The summed E-state index contributed by atoms with van der Waals surface area (Å²) in [5.74, 6) is 0.888. The van der Waals surface area contributed by atoms with Gasteiger partial charge in [0.2, 0.25) is 0 Å². The van der Waals surface area contributed by atoms with Crippen LogP contribution in [0.15, 0.2) is 24.9 Å². The van der Waals surface area contributed by atoms with E-state index in [2.05, 4.69) is 28.7 Å². The van der Waals surface area contributed by atoms with Crippen LogP contribution < -0.4 is 10.2 Å². The third-order valence-electron chi connectivity index (χ3n) is 3.04. The minimum atomic E-state index is 0.590. The zero-order valence-corrected chi connectivity index (χ0v) is 11.6. The molecule has 2 rings (SSSR count). The molecular formula is C14H20ClN3. The quantitative estimate of drug-likeness (QED) is 0.769. The SMILES string of the molecule is C=CCN(c1ncc(CNCC)cc1Cl)C1CC1. The molecule has 1 saturated carbocycles. The second kappa shape index (κ2) is 6.21. The number of anilines is 1. The summed E-state index contributed by atoms with van der Waals surface area (Å²) in [6.45, 7) is 8.46. The molecule has 18 heavy (non-hydrogen) atoms. The van der Waals surface area contributed by atoms with Crippen LogP contribution >= 0.6 is 11.6 Å². The maximum absolute atomic E-state index is 6.34. The maximum Gasteiger partial charge on any atom is 0.147 e. The molecule has 0 aliphatic heterocycles. The van der Waals surface area contributed by atoms with Gasteiger partial charge in [-0.05, 0) is 31.0 Å². The van der Waals surface area contributed by atoms with Crippen molar-refractivity contribution in [3.63, 3.8) is 0 Å². The van der Waals surface area contributed by atoms with Crippen LogP contribution in [-0.2, 0) is 6.54 Å². The van der Waals surface area contributed by atoms with Crippen LogP contribution in [0.1, 0.15) is 25.3 Å². The Morgan fingerprint density at radius 2 is 2.39 bits per heavy atom. The van der Waals surface area contributed by atoms with E-state index in [0.717, 1.165) is 36.0 Å². The third kappa shape index (κ3) is 3.24. The van der Waals surface area contributed by atoms with Gasteiger partial charge < -0.3 is 10.2 Å². The molecule has 4 heteroatoms. The second-order valence-electron chi connectivity index (χ2n) is 4.60. The summed E-state index contributed by atoms with van der Waals surface area (Å²) in [5.41, 5.74) is 1.12. The molecule has 0 saturated heterocycles. The first kappa shape index (κ1) is 13.4. The van der Waals surface area contributed by atoms with E-state index in [1.54, 1.807) is 0 Å². The number of nitrogens with zero attached hydrogens (tertiary/aromatic N) is 2. The highest BCUT2D eigenvalue weighted by atomic mass is 35.5. The van der Waals surface area contributed by atoms with Gasteiger partial charge in [0.05, 0.1) is 5.02 Å². The highest BCUT2D eigenvalue weighted by Gasteiger charge is 2.30. The standard InChI is InChI=1S/C14H20ClN3/c1-3-7-18(12-5-6-12)14-13(15)8-11(10-17-14)9-16-4-2/h3,8,10,12,16H,1,4-7,9H2,2H3. The van der Waals surface area contributed by atoms with E-state index < -0.39 is 0 Å². The zero-order chi connectivity index (χ0) is 13.0. The molecule has 3 nitrogen and oxygen atoms in total. The van der Waals surface area contributed by atoms with E-state index in [0.29, 0.717) is 6.04 Å². The van der Waals surface area contributed by atoms with E-state index >= 15 is 0 Å². The van der Waals surface area contributed by atoms with Crippen molar-refractivity contribution in [2.75, 3.05) is 18.0 Å². The number of pyridine rings is 1. The van der Waals surface area contributed by atoms with Crippen molar-refractivity contribution in [2.45, 2.75) is 32.4 Å². The highest BCUT2D eigenvalue weighted by molar-refractivity contribution is 6.33. The minimum Gasteiger partial charge on any atom is -0.349 e. The summed E-state index contributed by atoms with van der Waals surface area (Å²) >= 11 is 6.34. The Bertz CT molecular complexity index is 416. The van der Waals surface area contributed by atoms with Crippen LogP contribution in [0.3, 0.4) is 0 Å². The van der Waals surface area contributed by atoms with Gasteiger partial charge in [-0.3, -0.25) is 0 Å². The Hall–Kier alpha value is -1.06. The summed E-state index contributed by atoms with van der Waals surface area (Å²) < 4.78 is 0. The van der Waals surface area contributed by atoms with Crippen LogP contribution in [0.5, 0.6) is 0 Å². The lowest BCUT2D eigenvalue weighted by Crippen LogP contribution is -2.27.